The number of halogens is 2. The van der Waals surface area contributed by atoms with Crippen LogP contribution in [-0.2, 0) is 10.0 Å². The third-order valence-electron chi connectivity index (χ3n) is 3.50. The minimum atomic E-state index is -3.98. The normalized spacial score (nSPS) is 13.7. The van der Waals surface area contributed by atoms with Gasteiger partial charge in [0, 0.05) is 15.0 Å². The zero-order chi connectivity index (χ0) is 18.7. The lowest BCUT2D eigenvalue weighted by atomic mass is 10.1. The number of hydrogen-bond donors (Lipinski definition) is 3. The first-order chi connectivity index (χ1) is 11.5. The maximum atomic E-state index is 12.4. The van der Waals surface area contributed by atoms with Gasteiger partial charge in [-0.15, -0.1) is 0 Å². The Morgan fingerprint density at radius 2 is 1.56 bits per heavy atom. The fraction of sp³-hybridized carbons (Fsp3) is 0. The van der Waals surface area contributed by atoms with Gasteiger partial charge in [0.25, 0.3) is 17.4 Å². The Hall–Kier alpha value is -2.02. The standard InChI is InChI=1S/C13H8Br2N4O5S/c14-6-1-4(25(17,23)24)2-7(15)10(6)19-8(20)3-5-9(11(19)16)13(22)18-12(5)21/h1-3H,16H2,(H2,17,23,24)(H,18,21,22). The third kappa shape index (κ3) is 2.80. The number of imide groups is 1. The predicted octanol–water partition coefficient (Wildman–Crippen LogP) is 0.476. The molecule has 0 unspecified atom stereocenters. The summed E-state index contributed by atoms with van der Waals surface area (Å²) >= 11 is 6.34. The van der Waals surface area contributed by atoms with Crippen LogP contribution in [0.15, 0.2) is 36.8 Å². The molecule has 2 amide bonds. The van der Waals surface area contributed by atoms with Crippen molar-refractivity contribution in [1.29, 1.82) is 0 Å². The number of sulfonamides is 1. The van der Waals surface area contributed by atoms with Gasteiger partial charge >= 0.3 is 0 Å². The van der Waals surface area contributed by atoms with Crippen LogP contribution in [0, 0.1) is 0 Å². The lowest BCUT2D eigenvalue weighted by Gasteiger charge is -2.16. The summed E-state index contributed by atoms with van der Waals surface area (Å²) in [6.45, 7) is 0. The monoisotopic (exact) mass is 490 g/mol. The number of primary sulfonamides is 1. The van der Waals surface area contributed by atoms with E-state index in [1.165, 1.54) is 12.1 Å². The molecule has 1 aromatic heterocycles. The number of carbonyl (C=O) groups is 2. The van der Waals surface area contributed by atoms with Crippen LogP contribution < -0.4 is 21.7 Å². The predicted molar refractivity (Wildman–Crippen MR) is 95.0 cm³/mol. The zero-order valence-corrected chi connectivity index (χ0v) is 16.0. The van der Waals surface area contributed by atoms with Gasteiger partial charge in [-0.3, -0.25) is 24.3 Å². The van der Waals surface area contributed by atoms with Crippen LogP contribution in [0.2, 0.25) is 0 Å². The second-order valence-electron chi connectivity index (χ2n) is 5.06. The number of nitrogens with two attached hydrogens (primary N) is 2. The van der Waals surface area contributed by atoms with Crippen LogP contribution in [0.25, 0.3) is 5.69 Å². The summed E-state index contributed by atoms with van der Waals surface area (Å²) in [7, 11) is -3.98. The topological polar surface area (TPSA) is 154 Å². The summed E-state index contributed by atoms with van der Waals surface area (Å²) < 4.78 is 24.4. The summed E-state index contributed by atoms with van der Waals surface area (Å²) in [5.74, 6) is -1.69. The fourth-order valence-electron chi connectivity index (χ4n) is 2.43. The lowest BCUT2D eigenvalue weighted by molar-refractivity contribution is 0.0880. The van der Waals surface area contributed by atoms with Gasteiger partial charge in [-0.25, -0.2) is 13.6 Å². The molecule has 25 heavy (non-hydrogen) atoms. The minimum absolute atomic E-state index is 0.114. The van der Waals surface area contributed by atoms with Gasteiger partial charge in [0.05, 0.1) is 21.7 Å². The fourth-order valence-corrected chi connectivity index (χ4v) is 4.84. The van der Waals surface area contributed by atoms with E-state index in [-0.39, 0.29) is 36.5 Å². The number of benzene rings is 1. The average molecular weight is 492 g/mol. The molecule has 12 heteroatoms. The molecule has 1 aliphatic rings. The van der Waals surface area contributed by atoms with Crippen molar-refractivity contribution >= 4 is 59.5 Å². The Morgan fingerprint density at radius 1 is 1.00 bits per heavy atom. The molecule has 0 fully saturated rings. The smallest absolute Gasteiger partial charge is 0.262 e. The molecule has 9 nitrogen and oxygen atoms in total. The Morgan fingerprint density at radius 3 is 2.08 bits per heavy atom. The van der Waals surface area contributed by atoms with Crippen molar-refractivity contribution in [2.24, 2.45) is 5.14 Å². The molecule has 0 radical (unpaired) electrons. The Bertz CT molecular complexity index is 1120. The Kier molecular flexibility index (Phi) is 4.10. The van der Waals surface area contributed by atoms with Gasteiger partial charge in [-0.1, -0.05) is 0 Å². The number of nitrogens with zero attached hydrogens (tertiary/aromatic N) is 1. The molecule has 1 aliphatic heterocycles. The molecule has 0 saturated heterocycles. The highest BCUT2D eigenvalue weighted by molar-refractivity contribution is 9.11. The van der Waals surface area contributed by atoms with E-state index in [9.17, 15) is 22.8 Å². The number of anilines is 1. The molecule has 3 rings (SSSR count). The third-order valence-corrected chi connectivity index (χ3v) is 5.60. The van der Waals surface area contributed by atoms with Gasteiger partial charge in [0.2, 0.25) is 10.0 Å². The largest absolute Gasteiger partial charge is 0.384 e. The van der Waals surface area contributed by atoms with E-state index in [0.717, 1.165) is 10.6 Å². The lowest BCUT2D eigenvalue weighted by Crippen LogP contribution is -2.25. The second kappa shape index (κ2) is 5.76. The van der Waals surface area contributed by atoms with Gasteiger partial charge in [-0.2, -0.15) is 0 Å². The molecular formula is C13H8Br2N4O5S. The van der Waals surface area contributed by atoms with E-state index in [0.29, 0.717) is 0 Å². The number of carbonyl (C=O) groups excluding carboxylic acids is 2. The van der Waals surface area contributed by atoms with Gasteiger partial charge in [0.1, 0.15) is 5.82 Å². The molecule has 1 aromatic carbocycles. The van der Waals surface area contributed by atoms with Gasteiger partial charge in [-0.05, 0) is 44.0 Å². The molecule has 0 bridgehead atoms. The van der Waals surface area contributed by atoms with Crippen LogP contribution in [0.1, 0.15) is 20.7 Å². The van der Waals surface area contributed by atoms with E-state index < -0.39 is 27.4 Å². The summed E-state index contributed by atoms with van der Waals surface area (Å²) in [4.78, 5) is 35.8. The van der Waals surface area contributed by atoms with E-state index in [2.05, 4.69) is 37.2 Å². The molecule has 0 saturated carbocycles. The summed E-state index contributed by atoms with van der Waals surface area (Å²) in [6, 6.07) is 3.37. The molecule has 0 spiro atoms. The van der Waals surface area contributed by atoms with E-state index in [4.69, 9.17) is 10.9 Å². The van der Waals surface area contributed by atoms with Crippen molar-refractivity contribution in [1.82, 2.24) is 9.88 Å². The average Bonchev–Trinajstić information content (AvgIpc) is 2.75. The number of rotatable bonds is 2. The Labute approximate surface area is 157 Å². The number of pyridine rings is 1. The van der Waals surface area contributed by atoms with Crippen molar-refractivity contribution < 1.29 is 18.0 Å². The quantitative estimate of drug-likeness (QED) is 0.519. The van der Waals surface area contributed by atoms with Gasteiger partial charge in [0.15, 0.2) is 0 Å². The van der Waals surface area contributed by atoms with Crippen molar-refractivity contribution in [3.63, 3.8) is 0 Å². The van der Waals surface area contributed by atoms with E-state index in [1.807, 2.05) is 0 Å². The van der Waals surface area contributed by atoms with Crippen LogP contribution in [-0.4, -0.2) is 24.8 Å². The number of fused-ring (bicyclic) bond motifs is 1. The molecule has 2 aromatic rings. The highest BCUT2D eigenvalue weighted by atomic mass is 79.9. The number of nitrogens with one attached hydrogen (secondary N) is 1. The summed E-state index contributed by atoms with van der Waals surface area (Å²) in [5, 5.41) is 7.16. The summed E-state index contributed by atoms with van der Waals surface area (Å²) in [6.07, 6.45) is 0. The first kappa shape index (κ1) is 17.8. The van der Waals surface area contributed by atoms with Crippen molar-refractivity contribution in [2.75, 3.05) is 5.73 Å². The molecule has 130 valence electrons. The van der Waals surface area contributed by atoms with Crippen molar-refractivity contribution in [2.45, 2.75) is 4.90 Å². The zero-order valence-electron chi connectivity index (χ0n) is 12.0. The van der Waals surface area contributed by atoms with Crippen LogP contribution >= 0.6 is 31.9 Å². The second-order valence-corrected chi connectivity index (χ2v) is 8.33. The summed E-state index contributed by atoms with van der Waals surface area (Å²) in [5.41, 5.74) is 5.19. The van der Waals surface area contributed by atoms with Crippen LogP contribution in [0.3, 0.4) is 0 Å². The highest BCUT2D eigenvalue weighted by Crippen LogP contribution is 2.34. The maximum absolute atomic E-state index is 12.4. The highest BCUT2D eigenvalue weighted by Gasteiger charge is 2.32. The first-order valence-corrected chi connectivity index (χ1v) is 9.59. The van der Waals surface area contributed by atoms with Crippen molar-refractivity contribution in [3.05, 3.63) is 48.6 Å². The molecule has 2 heterocycles. The number of aromatic nitrogens is 1. The SMILES string of the molecule is Nc1c2c(cc(=O)n1-c1c(Br)cc(S(N)(=O)=O)cc1Br)C(=O)NC2=O. The first-order valence-electron chi connectivity index (χ1n) is 6.46. The van der Waals surface area contributed by atoms with Crippen molar-refractivity contribution in [3.8, 4) is 5.69 Å². The molecular weight excluding hydrogens is 484 g/mol. The number of nitrogen functional groups attached to an aromatic ring is 1. The van der Waals surface area contributed by atoms with Crippen LogP contribution in [0.5, 0.6) is 0 Å². The Balaban J connectivity index is 2.37. The van der Waals surface area contributed by atoms with Crippen LogP contribution in [0.4, 0.5) is 5.82 Å². The molecule has 0 atom stereocenters. The maximum Gasteiger partial charge on any atom is 0.262 e. The van der Waals surface area contributed by atoms with Gasteiger partial charge < -0.3 is 5.73 Å². The minimum Gasteiger partial charge on any atom is -0.384 e. The molecule has 5 N–H and O–H groups in total. The molecule has 0 aliphatic carbocycles. The van der Waals surface area contributed by atoms with E-state index >= 15 is 0 Å². The number of amides is 2. The van der Waals surface area contributed by atoms with E-state index in [1.54, 1.807) is 0 Å². The number of hydrogen-bond acceptors (Lipinski definition) is 6.